The highest BCUT2D eigenvalue weighted by atomic mass is 19.1. The molecular weight excluding hydrogens is 345 g/mol. The highest BCUT2D eigenvalue weighted by Crippen LogP contribution is 2.23. The van der Waals surface area contributed by atoms with Gasteiger partial charge in [-0.05, 0) is 52.2 Å². The van der Waals surface area contributed by atoms with E-state index >= 15 is 0 Å². The average Bonchev–Trinajstić information content (AvgIpc) is 2.67. The number of likely N-dealkylation sites (N-methyl/N-ethyl adjacent to an activating group) is 1. The maximum atomic E-state index is 13.8. The molecule has 0 aliphatic carbocycles. The first-order valence-corrected chi connectivity index (χ1v) is 8.63. The Labute approximate surface area is 158 Å². The fraction of sp³-hybridized carbons (Fsp3) is 0.227. The quantitative estimate of drug-likeness (QED) is 0.656. The Morgan fingerprint density at radius 3 is 2.33 bits per heavy atom. The van der Waals surface area contributed by atoms with Gasteiger partial charge in [0.2, 0.25) is 5.91 Å². The smallest absolute Gasteiger partial charge is 0.227 e. The Balaban J connectivity index is 1.68. The normalized spacial score (nSPS) is 10.7. The van der Waals surface area contributed by atoms with Gasteiger partial charge >= 0.3 is 0 Å². The van der Waals surface area contributed by atoms with Crippen LogP contribution in [0.15, 0.2) is 54.6 Å². The van der Waals surface area contributed by atoms with Crippen molar-refractivity contribution in [3.05, 3.63) is 71.5 Å². The van der Waals surface area contributed by atoms with E-state index in [2.05, 4.69) is 6.07 Å². The molecule has 0 aliphatic rings. The van der Waals surface area contributed by atoms with E-state index in [4.69, 9.17) is 9.47 Å². The van der Waals surface area contributed by atoms with Crippen molar-refractivity contribution in [1.29, 1.82) is 0 Å². The number of hydrogen-bond donors (Lipinski definition) is 0. The number of halogens is 1. The number of amides is 1. The zero-order valence-corrected chi connectivity index (χ0v) is 15.7. The second-order valence-corrected chi connectivity index (χ2v) is 6.44. The number of hydrogen-bond acceptors (Lipinski definition) is 3. The van der Waals surface area contributed by atoms with Gasteiger partial charge in [-0.15, -0.1) is 0 Å². The lowest BCUT2D eigenvalue weighted by atomic mass is 10.1. The van der Waals surface area contributed by atoms with Gasteiger partial charge < -0.3 is 14.4 Å². The third-order valence-electron chi connectivity index (χ3n) is 4.53. The van der Waals surface area contributed by atoms with E-state index in [1.807, 2.05) is 30.3 Å². The van der Waals surface area contributed by atoms with Crippen LogP contribution >= 0.6 is 0 Å². The molecule has 3 rings (SSSR count). The van der Waals surface area contributed by atoms with Crippen molar-refractivity contribution in [1.82, 2.24) is 4.90 Å². The maximum Gasteiger partial charge on any atom is 0.227 e. The van der Waals surface area contributed by atoms with Crippen molar-refractivity contribution >= 4 is 16.7 Å². The first kappa shape index (κ1) is 18.7. The standard InChI is InChI=1S/C22H22FNO3/c1-24(22(25)12-15-5-9-21(27-3)20(23)11-15)14-16-4-6-18-13-19(26-2)8-7-17(18)10-16/h4-11,13H,12,14H2,1-3H3. The predicted octanol–water partition coefficient (Wildman–Crippen LogP) is 4.20. The highest BCUT2D eigenvalue weighted by Gasteiger charge is 2.12. The van der Waals surface area contributed by atoms with Crippen LogP contribution in [0.25, 0.3) is 10.8 Å². The van der Waals surface area contributed by atoms with Gasteiger partial charge in [0.1, 0.15) is 5.75 Å². The van der Waals surface area contributed by atoms with Gasteiger partial charge in [0.25, 0.3) is 0 Å². The predicted molar refractivity (Wildman–Crippen MR) is 104 cm³/mol. The number of rotatable bonds is 6. The van der Waals surface area contributed by atoms with Crippen LogP contribution in [0.4, 0.5) is 4.39 Å². The number of ether oxygens (including phenoxy) is 2. The molecule has 3 aromatic carbocycles. The van der Waals surface area contributed by atoms with E-state index in [0.717, 1.165) is 22.1 Å². The lowest BCUT2D eigenvalue weighted by Gasteiger charge is -2.18. The monoisotopic (exact) mass is 367 g/mol. The van der Waals surface area contributed by atoms with Gasteiger partial charge in [-0.3, -0.25) is 4.79 Å². The van der Waals surface area contributed by atoms with Gasteiger partial charge in [-0.25, -0.2) is 4.39 Å². The second kappa shape index (κ2) is 8.08. The summed E-state index contributed by atoms with van der Waals surface area (Å²) in [5, 5.41) is 2.17. The minimum absolute atomic E-state index is 0.0746. The number of fused-ring (bicyclic) bond motifs is 1. The molecule has 3 aromatic rings. The molecule has 0 saturated heterocycles. The van der Waals surface area contributed by atoms with E-state index in [9.17, 15) is 9.18 Å². The molecule has 0 radical (unpaired) electrons. The van der Waals surface area contributed by atoms with Gasteiger partial charge in [0.05, 0.1) is 20.6 Å². The molecule has 0 N–H and O–H groups in total. The summed E-state index contributed by atoms with van der Waals surface area (Å²) < 4.78 is 23.9. The van der Waals surface area contributed by atoms with Gasteiger partial charge in [-0.2, -0.15) is 0 Å². The molecule has 5 heteroatoms. The van der Waals surface area contributed by atoms with E-state index in [1.165, 1.54) is 19.2 Å². The third kappa shape index (κ3) is 4.37. The van der Waals surface area contributed by atoms with E-state index in [1.54, 1.807) is 25.1 Å². The lowest BCUT2D eigenvalue weighted by Crippen LogP contribution is -2.27. The zero-order chi connectivity index (χ0) is 19.4. The summed E-state index contributed by atoms with van der Waals surface area (Å²) in [5.74, 6) is 0.450. The summed E-state index contributed by atoms with van der Waals surface area (Å²) in [6.45, 7) is 0.486. The van der Waals surface area contributed by atoms with Crippen LogP contribution in [-0.4, -0.2) is 32.1 Å². The summed E-state index contributed by atoms with van der Waals surface area (Å²) in [5.41, 5.74) is 1.65. The largest absolute Gasteiger partial charge is 0.497 e. The Hall–Kier alpha value is -3.08. The number of carbonyl (C=O) groups is 1. The molecule has 0 atom stereocenters. The number of carbonyl (C=O) groups excluding carboxylic acids is 1. The molecule has 140 valence electrons. The molecule has 0 saturated carbocycles. The first-order valence-electron chi connectivity index (χ1n) is 8.63. The topological polar surface area (TPSA) is 38.8 Å². The summed E-state index contributed by atoms with van der Waals surface area (Å²) in [4.78, 5) is 14.1. The van der Waals surface area contributed by atoms with Crippen molar-refractivity contribution in [2.45, 2.75) is 13.0 Å². The minimum atomic E-state index is -0.463. The molecule has 0 unspecified atom stereocenters. The van der Waals surface area contributed by atoms with E-state index < -0.39 is 5.82 Å². The van der Waals surface area contributed by atoms with Crippen molar-refractivity contribution in [3.8, 4) is 11.5 Å². The van der Waals surface area contributed by atoms with Crippen LogP contribution in [0.5, 0.6) is 11.5 Å². The summed E-state index contributed by atoms with van der Waals surface area (Å²) >= 11 is 0. The minimum Gasteiger partial charge on any atom is -0.497 e. The third-order valence-corrected chi connectivity index (χ3v) is 4.53. The van der Waals surface area contributed by atoms with Crippen LogP contribution in [0, 0.1) is 5.82 Å². The number of nitrogens with zero attached hydrogens (tertiary/aromatic N) is 1. The van der Waals surface area contributed by atoms with Crippen LogP contribution in [0.1, 0.15) is 11.1 Å². The maximum absolute atomic E-state index is 13.8. The van der Waals surface area contributed by atoms with Crippen LogP contribution in [-0.2, 0) is 17.8 Å². The molecule has 27 heavy (non-hydrogen) atoms. The molecule has 0 bridgehead atoms. The molecule has 4 nitrogen and oxygen atoms in total. The second-order valence-electron chi connectivity index (χ2n) is 6.44. The van der Waals surface area contributed by atoms with Crippen LogP contribution in [0.2, 0.25) is 0 Å². The molecule has 1 amide bonds. The molecular formula is C22H22FNO3. The fourth-order valence-corrected chi connectivity index (χ4v) is 2.99. The van der Waals surface area contributed by atoms with Crippen molar-refractivity contribution in [2.24, 2.45) is 0 Å². The lowest BCUT2D eigenvalue weighted by molar-refractivity contribution is -0.129. The van der Waals surface area contributed by atoms with Crippen molar-refractivity contribution < 1.29 is 18.7 Å². The summed E-state index contributed by atoms with van der Waals surface area (Å²) in [7, 11) is 4.81. The van der Waals surface area contributed by atoms with Gasteiger partial charge in [0.15, 0.2) is 11.6 Å². The van der Waals surface area contributed by atoms with E-state index in [0.29, 0.717) is 12.1 Å². The molecule has 0 heterocycles. The highest BCUT2D eigenvalue weighted by molar-refractivity contribution is 5.85. The Kier molecular flexibility index (Phi) is 5.60. The molecule has 0 aliphatic heterocycles. The van der Waals surface area contributed by atoms with Crippen LogP contribution < -0.4 is 9.47 Å². The van der Waals surface area contributed by atoms with Crippen LogP contribution in [0.3, 0.4) is 0 Å². The van der Waals surface area contributed by atoms with Gasteiger partial charge in [0, 0.05) is 13.6 Å². The average molecular weight is 367 g/mol. The fourth-order valence-electron chi connectivity index (χ4n) is 2.99. The summed E-state index contributed by atoms with van der Waals surface area (Å²) in [6, 6.07) is 16.6. The molecule has 0 spiro atoms. The Morgan fingerprint density at radius 2 is 1.63 bits per heavy atom. The summed E-state index contributed by atoms with van der Waals surface area (Å²) in [6.07, 6.45) is 0.141. The molecule has 0 fully saturated rings. The van der Waals surface area contributed by atoms with Gasteiger partial charge in [-0.1, -0.05) is 24.3 Å². The zero-order valence-electron chi connectivity index (χ0n) is 15.7. The Morgan fingerprint density at radius 1 is 0.926 bits per heavy atom. The number of benzene rings is 3. The Bertz CT molecular complexity index is 971. The molecule has 0 aromatic heterocycles. The SMILES string of the molecule is COc1ccc2cc(CN(C)C(=O)Cc3ccc(OC)c(F)c3)ccc2c1. The first-order chi connectivity index (χ1) is 13.0. The van der Waals surface area contributed by atoms with E-state index in [-0.39, 0.29) is 18.1 Å². The van der Waals surface area contributed by atoms with Crippen molar-refractivity contribution in [2.75, 3.05) is 21.3 Å². The van der Waals surface area contributed by atoms with Crippen molar-refractivity contribution in [3.63, 3.8) is 0 Å². The number of methoxy groups -OCH3 is 2.